The molecule has 116 valence electrons. The molecule has 0 fully saturated rings. The maximum absolute atomic E-state index is 4.49. The van der Waals surface area contributed by atoms with Crippen LogP contribution in [-0.4, -0.2) is 16.3 Å². The Morgan fingerprint density at radius 2 is 2.10 bits per heavy atom. The van der Waals surface area contributed by atoms with Crippen LogP contribution in [0.5, 0.6) is 0 Å². The van der Waals surface area contributed by atoms with Crippen molar-refractivity contribution in [2.24, 2.45) is 7.05 Å². The van der Waals surface area contributed by atoms with Crippen LogP contribution >= 0.6 is 59.1 Å². The molecule has 0 bridgehead atoms. The molecule has 1 N–H and O–H groups in total. The lowest BCUT2D eigenvalue weighted by Crippen LogP contribution is -2.25. The highest BCUT2D eigenvalue weighted by molar-refractivity contribution is 9.12. The molecule has 3 nitrogen and oxygen atoms in total. The standard InChI is InChI=1S/C14H18Br3N3S/c1-4-5-18-10(9-6-12(15)21-14(9)17)7-11-13(16)8(2)19-20(11)3/h6,10,18H,4-5,7H2,1-3H3. The van der Waals surface area contributed by atoms with Gasteiger partial charge in [0.25, 0.3) is 0 Å². The molecule has 2 rings (SSSR count). The monoisotopic (exact) mass is 497 g/mol. The summed E-state index contributed by atoms with van der Waals surface area (Å²) < 4.78 is 5.40. The number of aromatic nitrogens is 2. The molecular formula is C14H18Br3N3S. The largest absolute Gasteiger partial charge is 0.310 e. The van der Waals surface area contributed by atoms with Crippen LogP contribution in [0, 0.1) is 6.92 Å². The van der Waals surface area contributed by atoms with E-state index in [9.17, 15) is 0 Å². The lowest BCUT2D eigenvalue weighted by Gasteiger charge is -2.19. The van der Waals surface area contributed by atoms with E-state index >= 15 is 0 Å². The van der Waals surface area contributed by atoms with E-state index in [1.807, 2.05) is 18.7 Å². The number of nitrogens with zero attached hydrogens (tertiary/aromatic N) is 2. The van der Waals surface area contributed by atoms with E-state index in [0.717, 1.165) is 33.3 Å². The fraction of sp³-hybridized carbons (Fsp3) is 0.500. The van der Waals surface area contributed by atoms with Gasteiger partial charge in [-0.25, -0.2) is 0 Å². The quantitative estimate of drug-likeness (QED) is 0.579. The van der Waals surface area contributed by atoms with Crippen molar-refractivity contribution < 1.29 is 0 Å². The molecule has 0 aliphatic heterocycles. The molecule has 0 aliphatic rings. The summed E-state index contributed by atoms with van der Waals surface area (Å²) in [5.41, 5.74) is 3.55. The summed E-state index contributed by atoms with van der Waals surface area (Å²) in [6.07, 6.45) is 2.02. The van der Waals surface area contributed by atoms with Gasteiger partial charge in [0.2, 0.25) is 0 Å². The summed E-state index contributed by atoms with van der Waals surface area (Å²) in [6, 6.07) is 2.46. The van der Waals surface area contributed by atoms with Gasteiger partial charge >= 0.3 is 0 Å². The number of aryl methyl sites for hydroxylation is 2. The molecule has 1 atom stereocenters. The zero-order chi connectivity index (χ0) is 15.6. The van der Waals surface area contributed by atoms with Gasteiger partial charge in [-0.15, -0.1) is 11.3 Å². The van der Waals surface area contributed by atoms with Gasteiger partial charge < -0.3 is 5.32 Å². The molecule has 0 saturated heterocycles. The second-order valence-electron chi connectivity index (χ2n) is 4.96. The molecule has 2 aromatic rings. The Bertz CT molecular complexity index is 621. The number of hydrogen-bond acceptors (Lipinski definition) is 3. The van der Waals surface area contributed by atoms with E-state index in [4.69, 9.17) is 0 Å². The van der Waals surface area contributed by atoms with Crippen LogP contribution < -0.4 is 5.32 Å². The minimum atomic E-state index is 0.271. The third-order valence-electron chi connectivity index (χ3n) is 3.36. The molecule has 21 heavy (non-hydrogen) atoms. The van der Waals surface area contributed by atoms with Crippen molar-refractivity contribution >= 4 is 59.1 Å². The Kier molecular flexibility index (Phi) is 6.50. The first-order valence-electron chi connectivity index (χ1n) is 6.80. The van der Waals surface area contributed by atoms with Crippen LogP contribution in [0.2, 0.25) is 0 Å². The maximum atomic E-state index is 4.49. The second kappa shape index (κ2) is 7.73. The van der Waals surface area contributed by atoms with Gasteiger partial charge in [0.15, 0.2) is 0 Å². The molecule has 0 radical (unpaired) electrons. The normalized spacial score (nSPS) is 12.9. The van der Waals surface area contributed by atoms with Crippen molar-refractivity contribution in [2.75, 3.05) is 6.54 Å². The van der Waals surface area contributed by atoms with Gasteiger partial charge in [0.1, 0.15) is 0 Å². The highest BCUT2D eigenvalue weighted by atomic mass is 79.9. The van der Waals surface area contributed by atoms with Crippen LogP contribution in [0.15, 0.2) is 18.1 Å². The predicted octanol–water partition coefficient (Wildman–Crippen LogP) is 5.36. The molecule has 0 aliphatic carbocycles. The van der Waals surface area contributed by atoms with Gasteiger partial charge in [-0.2, -0.15) is 5.10 Å². The van der Waals surface area contributed by atoms with Gasteiger partial charge in [-0.05, 0) is 79.3 Å². The van der Waals surface area contributed by atoms with E-state index in [1.54, 1.807) is 11.3 Å². The number of nitrogens with one attached hydrogen (secondary N) is 1. The van der Waals surface area contributed by atoms with E-state index in [0.29, 0.717) is 0 Å². The molecule has 0 amide bonds. The number of hydrogen-bond donors (Lipinski definition) is 1. The minimum absolute atomic E-state index is 0.271. The lowest BCUT2D eigenvalue weighted by molar-refractivity contribution is 0.511. The van der Waals surface area contributed by atoms with Gasteiger partial charge in [0, 0.05) is 19.5 Å². The van der Waals surface area contributed by atoms with Crippen molar-refractivity contribution in [1.29, 1.82) is 0 Å². The lowest BCUT2D eigenvalue weighted by atomic mass is 10.0. The van der Waals surface area contributed by atoms with Crippen molar-refractivity contribution in [3.05, 3.63) is 35.1 Å². The zero-order valence-corrected chi connectivity index (χ0v) is 17.8. The molecule has 0 saturated carbocycles. The molecule has 0 aromatic carbocycles. The first-order valence-corrected chi connectivity index (χ1v) is 9.99. The summed E-state index contributed by atoms with van der Waals surface area (Å²) in [6.45, 7) is 5.21. The fourth-order valence-corrected chi connectivity index (χ4v) is 5.77. The van der Waals surface area contributed by atoms with E-state index < -0.39 is 0 Å². The van der Waals surface area contributed by atoms with Crippen LogP contribution in [0.1, 0.15) is 36.3 Å². The van der Waals surface area contributed by atoms with Crippen LogP contribution in [0.25, 0.3) is 0 Å². The molecule has 1 unspecified atom stereocenters. The Balaban J connectivity index is 2.30. The number of thiophene rings is 1. The molecule has 0 spiro atoms. The topological polar surface area (TPSA) is 29.9 Å². The van der Waals surface area contributed by atoms with E-state index in [2.05, 4.69) is 71.2 Å². The van der Waals surface area contributed by atoms with E-state index in [1.165, 1.54) is 15.0 Å². The second-order valence-corrected chi connectivity index (χ2v) is 9.50. The van der Waals surface area contributed by atoms with Crippen molar-refractivity contribution in [1.82, 2.24) is 15.1 Å². The summed E-state index contributed by atoms with van der Waals surface area (Å²) in [5, 5.41) is 8.13. The molecule has 2 heterocycles. The van der Waals surface area contributed by atoms with Gasteiger partial charge in [0.05, 0.1) is 23.4 Å². The van der Waals surface area contributed by atoms with Crippen molar-refractivity contribution in [2.45, 2.75) is 32.7 Å². The van der Waals surface area contributed by atoms with E-state index in [-0.39, 0.29) is 6.04 Å². The predicted molar refractivity (Wildman–Crippen MR) is 100 cm³/mol. The third-order valence-corrected chi connectivity index (χ3v) is 6.78. The fourth-order valence-electron chi connectivity index (χ4n) is 2.30. The molecular weight excluding hydrogens is 482 g/mol. The highest BCUT2D eigenvalue weighted by Crippen LogP contribution is 2.37. The summed E-state index contributed by atoms with van der Waals surface area (Å²) in [5.74, 6) is 0. The Hall–Kier alpha value is 0.310. The average molecular weight is 500 g/mol. The summed E-state index contributed by atoms with van der Waals surface area (Å²) in [4.78, 5) is 0. The van der Waals surface area contributed by atoms with Crippen LogP contribution in [0.4, 0.5) is 0 Å². The third kappa shape index (κ3) is 4.19. The molecule has 7 heteroatoms. The Morgan fingerprint density at radius 1 is 1.38 bits per heavy atom. The van der Waals surface area contributed by atoms with Crippen LogP contribution in [-0.2, 0) is 13.5 Å². The van der Waals surface area contributed by atoms with Crippen molar-refractivity contribution in [3.8, 4) is 0 Å². The number of rotatable bonds is 6. The highest BCUT2D eigenvalue weighted by Gasteiger charge is 2.21. The minimum Gasteiger partial charge on any atom is -0.310 e. The maximum Gasteiger partial charge on any atom is 0.0758 e. The van der Waals surface area contributed by atoms with Gasteiger partial charge in [-0.3, -0.25) is 4.68 Å². The first-order chi connectivity index (χ1) is 9.93. The summed E-state index contributed by atoms with van der Waals surface area (Å²) in [7, 11) is 2.00. The zero-order valence-electron chi connectivity index (χ0n) is 12.2. The summed E-state index contributed by atoms with van der Waals surface area (Å²) >= 11 is 12.6. The Labute approximate surface area is 154 Å². The van der Waals surface area contributed by atoms with Gasteiger partial charge in [-0.1, -0.05) is 6.92 Å². The Morgan fingerprint density at radius 3 is 2.57 bits per heavy atom. The van der Waals surface area contributed by atoms with Crippen LogP contribution in [0.3, 0.4) is 0 Å². The SMILES string of the molecule is CCCNC(Cc1c(Br)c(C)nn1C)c1cc(Br)sc1Br. The van der Waals surface area contributed by atoms with Crippen molar-refractivity contribution in [3.63, 3.8) is 0 Å². The molecule has 2 aromatic heterocycles. The first kappa shape index (κ1) is 17.7. The number of halogens is 3. The smallest absolute Gasteiger partial charge is 0.0758 e. The average Bonchev–Trinajstić information content (AvgIpc) is 2.87.